The molecule has 1 saturated carbocycles. The number of carbonyl (C=O) groups excluding carboxylic acids is 1. The Bertz CT molecular complexity index is 121. The Kier molecular flexibility index (Phi) is 2.36. The number of ketones is 1. The normalized spacial score (nSPS) is 21.2. The van der Waals surface area contributed by atoms with Crippen LogP contribution < -0.4 is 0 Å². The molecule has 1 aliphatic rings. The van der Waals surface area contributed by atoms with Crippen LogP contribution in [0.3, 0.4) is 0 Å². The summed E-state index contributed by atoms with van der Waals surface area (Å²) in [5.41, 5.74) is 0. The second-order valence-electron chi connectivity index (χ2n) is 3.34. The average Bonchev–Trinajstić information content (AvgIpc) is 1.88. The fraction of sp³-hybridized carbons (Fsp3) is 0.778. The van der Waals surface area contributed by atoms with Crippen molar-refractivity contribution in [1.29, 1.82) is 0 Å². The van der Waals surface area contributed by atoms with Crippen molar-refractivity contribution in [1.82, 2.24) is 0 Å². The Morgan fingerprint density at radius 3 is 2.30 bits per heavy atom. The van der Waals surface area contributed by atoms with Gasteiger partial charge in [-0.3, -0.25) is 4.79 Å². The van der Waals surface area contributed by atoms with Gasteiger partial charge in [-0.05, 0) is 19.8 Å². The van der Waals surface area contributed by atoms with Crippen LogP contribution in [-0.2, 0) is 4.79 Å². The predicted octanol–water partition coefficient (Wildman–Crippen LogP) is 2.36. The van der Waals surface area contributed by atoms with Gasteiger partial charge in [0, 0.05) is 5.92 Å². The molecule has 0 aromatic carbocycles. The van der Waals surface area contributed by atoms with Crippen molar-refractivity contribution >= 4 is 5.78 Å². The maximum atomic E-state index is 10.9. The van der Waals surface area contributed by atoms with E-state index in [0.29, 0.717) is 11.7 Å². The number of hydrogen-bond acceptors (Lipinski definition) is 1. The second-order valence-corrected chi connectivity index (χ2v) is 3.34. The molecule has 1 nitrogen and oxygen atoms in total. The maximum absolute atomic E-state index is 10.9. The van der Waals surface area contributed by atoms with Gasteiger partial charge in [0.2, 0.25) is 0 Å². The minimum absolute atomic E-state index is 0.378. The van der Waals surface area contributed by atoms with E-state index in [-0.39, 0.29) is 0 Å². The third-order valence-electron chi connectivity index (χ3n) is 2.41. The van der Waals surface area contributed by atoms with Crippen molar-refractivity contribution in [3.05, 3.63) is 5.92 Å². The van der Waals surface area contributed by atoms with Crippen LogP contribution in [0.5, 0.6) is 0 Å². The second kappa shape index (κ2) is 3.09. The SMILES string of the molecule is CC(=O)C1CC[C+](C)CC1. The highest BCUT2D eigenvalue weighted by atomic mass is 16.1. The zero-order valence-electron chi connectivity index (χ0n) is 6.81. The predicted molar refractivity (Wildman–Crippen MR) is 41.6 cm³/mol. The summed E-state index contributed by atoms with van der Waals surface area (Å²) in [5.74, 6) is 2.33. The number of rotatable bonds is 1. The third kappa shape index (κ3) is 1.76. The molecule has 0 unspecified atom stereocenters. The molecular formula is C9H15O+. The highest BCUT2D eigenvalue weighted by molar-refractivity contribution is 5.78. The molecular weight excluding hydrogens is 124 g/mol. The van der Waals surface area contributed by atoms with Gasteiger partial charge in [0.05, 0.1) is 25.7 Å². The fourth-order valence-electron chi connectivity index (χ4n) is 1.52. The summed E-state index contributed by atoms with van der Waals surface area (Å²) in [7, 11) is 0. The minimum Gasteiger partial charge on any atom is -0.300 e. The van der Waals surface area contributed by atoms with Gasteiger partial charge in [-0.2, -0.15) is 0 Å². The summed E-state index contributed by atoms with van der Waals surface area (Å²) in [6, 6.07) is 0. The Hall–Kier alpha value is -0.460. The average molecular weight is 139 g/mol. The van der Waals surface area contributed by atoms with E-state index in [2.05, 4.69) is 6.92 Å². The lowest BCUT2D eigenvalue weighted by molar-refractivity contribution is -0.121. The van der Waals surface area contributed by atoms with Crippen LogP contribution in [0.25, 0.3) is 0 Å². The highest BCUT2D eigenvalue weighted by Gasteiger charge is 2.27. The van der Waals surface area contributed by atoms with Crippen LogP contribution >= 0.6 is 0 Å². The zero-order chi connectivity index (χ0) is 7.56. The Balaban J connectivity index is 2.33. The third-order valence-corrected chi connectivity index (χ3v) is 2.41. The summed E-state index contributed by atoms with van der Waals surface area (Å²) in [5, 5.41) is 0. The smallest absolute Gasteiger partial charge is 0.133 e. The molecule has 0 aliphatic heterocycles. The van der Waals surface area contributed by atoms with Crippen LogP contribution in [-0.4, -0.2) is 5.78 Å². The van der Waals surface area contributed by atoms with Crippen LogP contribution in [0.2, 0.25) is 0 Å². The molecule has 0 heterocycles. The quantitative estimate of drug-likeness (QED) is 0.510. The fourth-order valence-corrected chi connectivity index (χ4v) is 1.52. The first-order chi connectivity index (χ1) is 4.70. The Morgan fingerprint density at radius 2 is 1.90 bits per heavy atom. The molecule has 0 bridgehead atoms. The zero-order valence-corrected chi connectivity index (χ0v) is 6.81. The molecule has 1 rings (SSSR count). The van der Waals surface area contributed by atoms with Crippen molar-refractivity contribution in [3.63, 3.8) is 0 Å². The van der Waals surface area contributed by atoms with Gasteiger partial charge in [-0.25, -0.2) is 0 Å². The lowest BCUT2D eigenvalue weighted by Gasteiger charge is -2.16. The molecule has 0 saturated heterocycles. The van der Waals surface area contributed by atoms with Crippen molar-refractivity contribution in [3.8, 4) is 0 Å². The molecule has 0 aromatic rings. The van der Waals surface area contributed by atoms with E-state index in [1.807, 2.05) is 0 Å². The summed E-state index contributed by atoms with van der Waals surface area (Å²) >= 11 is 0. The van der Waals surface area contributed by atoms with E-state index in [9.17, 15) is 4.79 Å². The summed E-state index contributed by atoms with van der Waals surface area (Å²) < 4.78 is 0. The first-order valence-corrected chi connectivity index (χ1v) is 4.02. The first-order valence-electron chi connectivity index (χ1n) is 4.02. The molecule has 0 aromatic heterocycles. The molecule has 1 aliphatic carbocycles. The number of carbonyl (C=O) groups is 1. The van der Waals surface area contributed by atoms with Crippen molar-refractivity contribution < 1.29 is 4.79 Å². The largest absolute Gasteiger partial charge is 0.300 e. The number of Topliss-reactive ketones (excluding diaryl/α,β-unsaturated/α-hetero) is 1. The van der Waals surface area contributed by atoms with E-state index in [0.717, 1.165) is 12.8 Å². The standard InChI is InChI=1S/C9H15O/c1-7-3-5-9(6-4-7)8(2)10/h9H,3-6H2,1-2H3/q+1. The topological polar surface area (TPSA) is 17.1 Å². The Labute approximate surface area is 62.8 Å². The van der Waals surface area contributed by atoms with Crippen LogP contribution in [0, 0.1) is 11.8 Å². The molecule has 0 amide bonds. The van der Waals surface area contributed by atoms with Gasteiger partial charge < -0.3 is 0 Å². The molecule has 0 spiro atoms. The van der Waals surface area contributed by atoms with Gasteiger partial charge in [0.15, 0.2) is 0 Å². The van der Waals surface area contributed by atoms with Crippen LogP contribution in [0.4, 0.5) is 0 Å². The van der Waals surface area contributed by atoms with Gasteiger partial charge in [0.1, 0.15) is 5.78 Å². The van der Waals surface area contributed by atoms with Crippen molar-refractivity contribution in [2.24, 2.45) is 5.92 Å². The van der Waals surface area contributed by atoms with Crippen molar-refractivity contribution in [2.75, 3.05) is 0 Å². The lowest BCUT2D eigenvalue weighted by atomic mass is 9.81. The highest BCUT2D eigenvalue weighted by Crippen LogP contribution is 2.29. The number of hydrogen-bond donors (Lipinski definition) is 0. The van der Waals surface area contributed by atoms with E-state index in [4.69, 9.17) is 0 Å². The van der Waals surface area contributed by atoms with Gasteiger partial charge in [0.25, 0.3) is 0 Å². The monoisotopic (exact) mass is 139 g/mol. The molecule has 1 fully saturated rings. The van der Waals surface area contributed by atoms with E-state index in [1.165, 1.54) is 12.8 Å². The minimum atomic E-state index is 0.378. The lowest BCUT2D eigenvalue weighted by Crippen LogP contribution is -2.17. The van der Waals surface area contributed by atoms with E-state index >= 15 is 0 Å². The Morgan fingerprint density at radius 1 is 1.40 bits per heavy atom. The van der Waals surface area contributed by atoms with E-state index < -0.39 is 0 Å². The molecule has 10 heavy (non-hydrogen) atoms. The van der Waals surface area contributed by atoms with Crippen molar-refractivity contribution in [2.45, 2.75) is 39.5 Å². The summed E-state index contributed by atoms with van der Waals surface area (Å²) in [6.07, 6.45) is 4.54. The van der Waals surface area contributed by atoms with E-state index in [1.54, 1.807) is 12.8 Å². The molecule has 0 radical (unpaired) electrons. The molecule has 0 atom stereocenters. The summed E-state index contributed by atoms with van der Waals surface area (Å²) in [4.78, 5) is 10.9. The maximum Gasteiger partial charge on any atom is 0.133 e. The first kappa shape index (κ1) is 7.64. The molecule has 56 valence electrons. The van der Waals surface area contributed by atoms with Gasteiger partial charge in [-0.15, -0.1) is 0 Å². The van der Waals surface area contributed by atoms with Crippen LogP contribution in [0.15, 0.2) is 0 Å². The summed E-state index contributed by atoms with van der Waals surface area (Å²) in [6.45, 7) is 3.90. The molecule has 1 heteroatoms. The van der Waals surface area contributed by atoms with Gasteiger partial charge in [-0.1, -0.05) is 0 Å². The van der Waals surface area contributed by atoms with Gasteiger partial charge >= 0.3 is 0 Å². The molecule has 0 N–H and O–H groups in total. The van der Waals surface area contributed by atoms with Crippen LogP contribution in [0.1, 0.15) is 39.5 Å².